The van der Waals surface area contributed by atoms with Crippen LogP contribution in [0.15, 0.2) is 60.7 Å². The molecule has 1 atom stereocenters. The number of ether oxygens (including phenoxy) is 1. The highest BCUT2D eigenvalue weighted by Crippen LogP contribution is 2.42. The van der Waals surface area contributed by atoms with E-state index in [4.69, 9.17) is 4.74 Å². The van der Waals surface area contributed by atoms with Gasteiger partial charge in [-0.3, -0.25) is 0 Å². The van der Waals surface area contributed by atoms with Crippen molar-refractivity contribution < 1.29 is 4.74 Å². The summed E-state index contributed by atoms with van der Waals surface area (Å²) in [4.78, 5) is 0. The van der Waals surface area contributed by atoms with Crippen LogP contribution in [0.2, 0.25) is 0 Å². The first-order valence-electron chi connectivity index (χ1n) is 7.75. The third kappa shape index (κ3) is 2.61. The van der Waals surface area contributed by atoms with Crippen molar-refractivity contribution >= 4 is 0 Å². The summed E-state index contributed by atoms with van der Waals surface area (Å²) >= 11 is 0. The normalized spacial score (nSPS) is 19.4. The molecule has 1 fully saturated rings. The Bertz CT molecular complexity index is 507. The smallest absolute Gasteiger partial charge is 0.122 e. The lowest BCUT2D eigenvalue weighted by molar-refractivity contribution is -0.0372. The van der Waals surface area contributed by atoms with Gasteiger partial charge in [-0.15, -0.1) is 0 Å². The monoisotopic (exact) mass is 281 g/mol. The summed E-state index contributed by atoms with van der Waals surface area (Å²) in [5.74, 6) is 0.445. The number of hydrogen-bond donors (Lipinski definition) is 1. The highest BCUT2D eigenvalue weighted by molar-refractivity contribution is 5.37. The zero-order chi connectivity index (χ0) is 14.5. The average Bonchev–Trinajstić information content (AvgIpc) is 2.59. The van der Waals surface area contributed by atoms with E-state index in [1.807, 2.05) is 7.11 Å². The highest BCUT2D eigenvalue weighted by Gasteiger charge is 2.42. The predicted octanol–water partition coefficient (Wildman–Crippen LogP) is 3.58. The van der Waals surface area contributed by atoms with Crippen LogP contribution in [0.1, 0.15) is 24.0 Å². The van der Waals surface area contributed by atoms with E-state index in [1.54, 1.807) is 0 Å². The molecule has 1 heterocycles. The Morgan fingerprint density at radius 1 is 0.952 bits per heavy atom. The van der Waals surface area contributed by atoms with Gasteiger partial charge in [-0.25, -0.2) is 0 Å². The number of methoxy groups -OCH3 is 1. The van der Waals surface area contributed by atoms with Gasteiger partial charge in [0.25, 0.3) is 0 Å². The lowest BCUT2D eigenvalue weighted by Crippen LogP contribution is -2.46. The Hall–Kier alpha value is -1.64. The van der Waals surface area contributed by atoms with Crippen molar-refractivity contribution in [1.29, 1.82) is 0 Å². The molecule has 0 spiro atoms. The highest BCUT2D eigenvalue weighted by atomic mass is 16.5. The van der Waals surface area contributed by atoms with E-state index < -0.39 is 0 Å². The molecule has 1 aliphatic rings. The fourth-order valence-electron chi connectivity index (χ4n) is 3.61. The van der Waals surface area contributed by atoms with E-state index in [0.29, 0.717) is 5.92 Å². The molecule has 1 N–H and O–H groups in total. The maximum atomic E-state index is 6.21. The molecule has 0 saturated carbocycles. The maximum Gasteiger partial charge on any atom is 0.122 e. The van der Waals surface area contributed by atoms with Crippen LogP contribution in [-0.2, 0) is 10.3 Å². The summed E-state index contributed by atoms with van der Waals surface area (Å²) in [7, 11) is 1.84. The molecule has 0 aliphatic carbocycles. The maximum absolute atomic E-state index is 6.21. The van der Waals surface area contributed by atoms with E-state index >= 15 is 0 Å². The first-order chi connectivity index (χ1) is 10.4. The van der Waals surface area contributed by atoms with Crippen LogP contribution in [0.25, 0.3) is 0 Å². The molecule has 2 aromatic carbocycles. The fourth-order valence-corrected chi connectivity index (χ4v) is 3.61. The second-order valence-corrected chi connectivity index (χ2v) is 5.72. The first-order valence-corrected chi connectivity index (χ1v) is 7.75. The van der Waals surface area contributed by atoms with Crippen LogP contribution in [0.4, 0.5) is 0 Å². The Morgan fingerprint density at radius 2 is 1.52 bits per heavy atom. The Morgan fingerprint density at radius 3 is 1.95 bits per heavy atom. The Balaban J connectivity index is 2.12. The minimum atomic E-state index is -0.365. The third-order valence-corrected chi connectivity index (χ3v) is 4.60. The lowest BCUT2D eigenvalue weighted by Gasteiger charge is -2.42. The van der Waals surface area contributed by atoms with Gasteiger partial charge in [0, 0.05) is 19.6 Å². The molecule has 1 saturated heterocycles. The SMILES string of the molecule is COC(c1ccccc1)(c1ccccc1)C1CCCNC1. The van der Waals surface area contributed by atoms with Gasteiger partial charge in [-0.1, -0.05) is 60.7 Å². The summed E-state index contributed by atoms with van der Waals surface area (Å²) in [5.41, 5.74) is 2.12. The third-order valence-electron chi connectivity index (χ3n) is 4.60. The molecule has 0 bridgehead atoms. The molecule has 1 aliphatic heterocycles. The summed E-state index contributed by atoms with van der Waals surface area (Å²) < 4.78 is 6.21. The summed E-state index contributed by atoms with van der Waals surface area (Å²) in [6.45, 7) is 2.11. The summed E-state index contributed by atoms with van der Waals surface area (Å²) in [6.07, 6.45) is 2.39. The van der Waals surface area contributed by atoms with E-state index in [0.717, 1.165) is 13.1 Å². The second-order valence-electron chi connectivity index (χ2n) is 5.72. The molecule has 21 heavy (non-hydrogen) atoms. The number of piperidine rings is 1. The summed E-state index contributed by atoms with van der Waals surface area (Å²) in [5, 5.41) is 3.53. The van der Waals surface area contributed by atoms with Crippen molar-refractivity contribution in [2.75, 3.05) is 20.2 Å². The van der Waals surface area contributed by atoms with E-state index in [9.17, 15) is 0 Å². The Kier molecular flexibility index (Phi) is 4.37. The van der Waals surface area contributed by atoms with E-state index in [2.05, 4.69) is 66.0 Å². The standard InChI is InChI=1S/C19H23NO/c1-21-19(16-9-4-2-5-10-16,17-11-6-3-7-12-17)18-13-8-14-20-15-18/h2-7,9-12,18,20H,8,13-15H2,1H3. The largest absolute Gasteiger partial charge is 0.368 e. The molecule has 110 valence electrons. The number of nitrogens with one attached hydrogen (secondary N) is 1. The van der Waals surface area contributed by atoms with Crippen molar-refractivity contribution in [1.82, 2.24) is 5.32 Å². The van der Waals surface area contributed by atoms with Gasteiger partial charge >= 0.3 is 0 Å². The second kappa shape index (κ2) is 6.42. The molecule has 2 heteroatoms. The van der Waals surface area contributed by atoms with Crippen molar-refractivity contribution in [2.45, 2.75) is 18.4 Å². The first kappa shape index (κ1) is 14.3. The number of hydrogen-bond acceptors (Lipinski definition) is 2. The molecule has 1 unspecified atom stereocenters. The zero-order valence-corrected chi connectivity index (χ0v) is 12.6. The van der Waals surface area contributed by atoms with Crippen LogP contribution in [0.5, 0.6) is 0 Å². The molecule has 0 amide bonds. The quantitative estimate of drug-likeness (QED) is 0.925. The molecular weight excluding hydrogens is 258 g/mol. The van der Waals surface area contributed by atoms with Gasteiger partial charge in [-0.2, -0.15) is 0 Å². The van der Waals surface area contributed by atoms with Gasteiger partial charge in [0.05, 0.1) is 0 Å². The van der Waals surface area contributed by atoms with Gasteiger partial charge < -0.3 is 10.1 Å². The zero-order valence-electron chi connectivity index (χ0n) is 12.6. The van der Waals surface area contributed by atoms with Crippen molar-refractivity contribution in [3.63, 3.8) is 0 Å². The lowest BCUT2D eigenvalue weighted by atomic mass is 9.73. The summed E-state index contributed by atoms with van der Waals surface area (Å²) in [6, 6.07) is 21.3. The molecule has 2 aromatic rings. The minimum absolute atomic E-state index is 0.365. The van der Waals surface area contributed by atoms with E-state index in [1.165, 1.54) is 24.0 Å². The van der Waals surface area contributed by atoms with Crippen molar-refractivity contribution in [2.24, 2.45) is 5.92 Å². The van der Waals surface area contributed by atoms with Crippen LogP contribution >= 0.6 is 0 Å². The van der Waals surface area contributed by atoms with Gasteiger partial charge in [0.1, 0.15) is 5.60 Å². The van der Waals surface area contributed by atoms with Crippen LogP contribution < -0.4 is 5.32 Å². The van der Waals surface area contributed by atoms with Gasteiger partial charge in [0.2, 0.25) is 0 Å². The molecular formula is C19H23NO. The van der Waals surface area contributed by atoms with Crippen molar-refractivity contribution in [3.05, 3.63) is 71.8 Å². The topological polar surface area (TPSA) is 21.3 Å². The number of benzene rings is 2. The average molecular weight is 281 g/mol. The van der Waals surface area contributed by atoms with Crippen LogP contribution in [0, 0.1) is 5.92 Å². The van der Waals surface area contributed by atoms with Gasteiger partial charge in [-0.05, 0) is 30.5 Å². The van der Waals surface area contributed by atoms with E-state index in [-0.39, 0.29) is 5.60 Å². The molecule has 3 rings (SSSR count). The Labute approximate surface area is 127 Å². The minimum Gasteiger partial charge on any atom is -0.368 e. The fraction of sp³-hybridized carbons (Fsp3) is 0.368. The van der Waals surface area contributed by atoms with Crippen LogP contribution in [-0.4, -0.2) is 20.2 Å². The van der Waals surface area contributed by atoms with Gasteiger partial charge in [0.15, 0.2) is 0 Å². The molecule has 0 radical (unpaired) electrons. The van der Waals surface area contributed by atoms with Crippen molar-refractivity contribution in [3.8, 4) is 0 Å². The molecule has 2 nitrogen and oxygen atoms in total. The molecule has 0 aromatic heterocycles. The predicted molar refractivity (Wildman–Crippen MR) is 86.3 cm³/mol. The van der Waals surface area contributed by atoms with Crippen LogP contribution in [0.3, 0.4) is 0 Å². The number of rotatable bonds is 4.